The zero-order valence-corrected chi connectivity index (χ0v) is 16.7. The highest BCUT2D eigenvalue weighted by Crippen LogP contribution is 2.33. The van der Waals surface area contributed by atoms with Gasteiger partial charge in [-0.3, -0.25) is 4.79 Å². The van der Waals surface area contributed by atoms with Crippen molar-refractivity contribution in [2.24, 2.45) is 0 Å². The van der Waals surface area contributed by atoms with Gasteiger partial charge in [0.15, 0.2) is 0 Å². The zero-order chi connectivity index (χ0) is 19.5. The van der Waals surface area contributed by atoms with Crippen molar-refractivity contribution < 1.29 is 14.3 Å². The molecule has 0 radical (unpaired) electrons. The molecule has 0 saturated heterocycles. The van der Waals surface area contributed by atoms with E-state index >= 15 is 0 Å². The van der Waals surface area contributed by atoms with E-state index in [1.807, 2.05) is 6.92 Å². The monoisotopic (exact) mass is 372 g/mol. The van der Waals surface area contributed by atoms with Crippen molar-refractivity contribution in [1.82, 2.24) is 0 Å². The average molecular weight is 373 g/mol. The molecule has 1 aliphatic carbocycles. The first-order valence-electron chi connectivity index (χ1n) is 10.3. The molecule has 0 aliphatic heterocycles. The molecular formula is C22H32N2O3. The summed E-state index contributed by atoms with van der Waals surface area (Å²) in [7, 11) is 0. The summed E-state index contributed by atoms with van der Waals surface area (Å²) in [6.07, 6.45) is 8.63. The van der Waals surface area contributed by atoms with Gasteiger partial charge in [0.1, 0.15) is 17.4 Å². The quantitative estimate of drug-likeness (QED) is 0.478. The Bertz CT molecular complexity index is 643. The topological polar surface area (TPSA) is 71.3 Å². The van der Waals surface area contributed by atoms with Crippen LogP contribution in [-0.4, -0.2) is 24.7 Å². The van der Waals surface area contributed by atoms with Crippen molar-refractivity contribution >= 4 is 11.6 Å². The third kappa shape index (κ3) is 5.97. The van der Waals surface area contributed by atoms with Crippen molar-refractivity contribution in [3.8, 4) is 11.8 Å². The Balaban J connectivity index is 2.14. The molecule has 1 amide bonds. The van der Waals surface area contributed by atoms with Crippen LogP contribution in [0, 0.1) is 11.3 Å². The number of hydrogen-bond acceptors (Lipinski definition) is 4. The number of ether oxygens (including phenoxy) is 2. The fraction of sp³-hybridized carbons (Fsp3) is 0.636. The number of anilines is 1. The smallest absolute Gasteiger partial charge is 0.256 e. The molecule has 0 aromatic heterocycles. The Kier molecular flexibility index (Phi) is 8.60. The molecule has 1 fully saturated rings. The number of carbonyl (C=O) groups excluding carboxylic acids is 1. The van der Waals surface area contributed by atoms with Gasteiger partial charge in [0.2, 0.25) is 0 Å². The molecule has 5 nitrogen and oxygen atoms in total. The van der Waals surface area contributed by atoms with Gasteiger partial charge >= 0.3 is 0 Å². The first kappa shape index (κ1) is 21.2. The van der Waals surface area contributed by atoms with Gasteiger partial charge in [0.05, 0.1) is 17.9 Å². The van der Waals surface area contributed by atoms with Gasteiger partial charge in [-0.05, 0) is 43.9 Å². The number of nitrogens with zero attached hydrogens (tertiary/aromatic N) is 1. The van der Waals surface area contributed by atoms with Crippen LogP contribution in [0.3, 0.4) is 0 Å². The second-order valence-electron chi connectivity index (χ2n) is 7.23. The van der Waals surface area contributed by atoms with E-state index in [1.54, 1.807) is 18.2 Å². The Labute approximate surface area is 163 Å². The number of nitriles is 1. The second-order valence-corrected chi connectivity index (χ2v) is 7.23. The first-order valence-corrected chi connectivity index (χ1v) is 10.3. The van der Waals surface area contributed by atoms with Crippen LogP contribution in [0.2, 0.25) is 0 Å². The molecule has 1 aromatic rings. The van der Waals surface area contributed by atoms with Crippen molar-refractivity contribution in [2.45, 2.75) is 77.2 Å². The molecule has 5 heteroatoms. The van der Waals surface area contributed by atoms with Crippen LogP contribution in [-0.2, 0) is 9.53 Å². The minimum absolute atomic E-state index is 0.131. The number of benzene rings is 1. The molecule has 0 heterocycles. The predicted molar refractivity (Wildman–Crippen MR) is 107 cm³/mol. The summed E-state index contributed by atoms with van der Waals surface area (Å²) in [6, 6.07) is 7.42. The van der Waals surface area contributed by atoms with E-state index < -0.39 is 5.60 Å². The summed E-state index contributed by atoms with van der Waals surface area (Å²) in [4.78, 5) is 13.1. The summed E-state index contributed by atoms with van der Waals surface area (Å²) in [5, 5.41) is 12.5. The van der Waals surface area contributed by atoms with Crippen molar-refractivity contribution in [3.63, 3.8) is 0 Å². The Morgan fingerprint density at radius 1 is 1.15 bits per heavy atom. The number of amides is 1. The van der Waals surface area contributed by atoms with Gasteiger partial charge in [-0.1, -0.05) is 46.0 Å². The molecule has 27 heavy (non-hydrogen) atoms. The molecule has 2 rings (SSSR count). The highest BCUT2D eigenvalue weighted by atomic mass is 16.5. The third-order valence-corrected chi connectivity index (χ3v) is 5.03. The van der Waals surface area contributed by atoms with Gasteiger partial charge in [0.25, 0.3) is 5.91 Å². The molecular weight excluding hydrogens is 340 g/mol. The van der Waals surface area contributed by atoms with Crippen LogP contribution in [0.25, 0.3) is 0 Å². The molecule has 0 spiro atoms. The maximum absolute atomic E-state index is 13.1. The number of nitrogens with one attached hydrogen (secondary N) is 1. The molecule has 0 unspecified atom stereocenters. The van der Waals surface area contributed by atoms with Gasteiger partial charge in [-0.15, -0.1) is 0 Å². The molecule has 1 aromatic carbocycles. The second kappa shape index (κ2) is 10.9. The highest BCUT2D eigenvalue weighted by Gasteiger charge is 2.39. The lowest BCUT2D eigenvalue weighted by Crippen LogP contribution is -2.45. The van der Waals surface area contributed by atoms with Gasteiger partial charge < -0.3 is 14.8 Å². The number of unbranched alkanes of at least 4 members (excludes halogenated alkanes) is 1. The van der Waals surface area contributed by atoms with E-state index in [0.717, 1.165) is 57.8 Å². The van der Waals surface area contributed by atoms with Crippen LogP contribution in [0.1, 0.15) is 77.2 Å². The lowest BCUT2D eigenvalue weighted by atomic mass is 9.92. The van der Waals surface area contributed by atoms with E-state index in [2.05, 4.69) is 18.3 Å². The standard InChI is InChI=1S/C22H32N2O3/c1-3-5-15-26-19-10-11-20(18(16-19)17-23)24-21(25)22(27-14-4-2)12-8-6-7-9-13-22/h10-11,16H,3-9,12-15H2,1-2H3,(H,24,25). The molecule has 0 bridgehead atoms. The molecule has 1 N–H and O–H groups in total. The zero-order valence-electron chi connectivity index (χ0n) is 16.7. The minimum atomic E-state index is -0.782. The number of rotatable bonds is 9. The van der Waals surface area contributed by atoms with Crippen molar-refractivity contribution in [3.05, 3.63) is 23.8 Å². The van der Waals surface area contributed by atoms with Crippen LogP contribution < -0.4 is 10.1 Å². The first-order chi connectivity index (χ1) is 13.1. The van der Waals surface area contributed by atoms with Crippen LogP contribution in [0.15, 0.2) is 18.2 Å². The van der Waals surface area contributed by atoms with Gasteiger partial charge in [-0.25, -0.2) is 0 Å². The molecule has 1 aliphatic rings. The summed E-state index contributed by atoms with van der Waals surface area (Å²) >= 11 is 0. The summed E-state index contributed by atoms with van der Waals surface area (Å²) < 4.78 is 11.7. The van der Waals surface area contributed by atoms with Crippen LogP contribution in [0.5, 0.6) is 5.75 Å². The van der Waals surface area contributed by atoms with E-state index in [4.69, 9.17) is 9.47 Å². The third-order valence-electron chi connectivity index (χ3n) is 5.03. The maximum atomic E-state index is 13.1. The van der Waals surface area contributed by atoms with E-state index in [1.165, 1.54) is 0 Å². The SMILES string of the molecule is CCCCOc1ccc(NC(=O)C2(OCCC)CCCCCC2)c(C#N)c1. The summed E-state index contributed by atoms with van der Waals surface area (Å²) in [5.41, 5.74) is 0.154. The fourth-order valence-electron chi connectivity index (χ4n) is 3.42. The molecule has 0 atom stereocenters. The van der Waals surface area contributed by atoms with E-state index in [9.17, 15) is 10.1 Å². The molecule has 1 saturated carbocycles. The van der Waals surface area contributed by atoms with Gasteiger partial charge in [-0.2, -0.15) is 5.26 Å². The van der Waals surface area contributed by atoms with Gasteiger partial charge in [0, 0.05) is 6.61 Å². The summed E-state index contributed by atoms with van der Waals surface area (Å²) in [5.74, 6) is 0.526. The largest absolute Gasteiger partial charge is 0.494 e. The lowest BCUT2D eigenvalue weighted by molar-refractivity contribution is -0.143. The average Bonchev–Trinajstić information content (AvgIpc) is 2.94. The Morgan fingerprint density at radius 3 is 2.52 bits per heavy atom. The highest BCUT2D eigenvalue weighted by molar-refractivity contribution is 5.98. The predicted octanol–water partition coefficient (Wildman–Crippen LogP) is 5.20. The van der Waals surface area contributed by atoms with Crippen LogP contribution in [0.4, 0.5) is 5.69 Å². The fourth-order valence-corrected chi connectivity index (χ4v) is 3.42. The summed E-state index contributed by atoms with van der Waals surface area (Å²) in [6.45, 7) is 5.35. The minimum Gasteiger partial charge on any atom is -0.494 e. The Hall–Kier alpha value is -2.06. The van der Waals surface area contributed by atoms with E-state index in [-0.39, 0.29) is 5.91 Å². The Morgan fingerprint density at radius 2 is 1.89 bits per heavy atom. The number of hydrogen-bond donors (Lipinski definition) is 1. The normalized spacial score (nSPS) is 16.2. The van der Waals surface area contributed by atoms with Crippen molar-refractivity contribution in [1.29, 1.82) is 5.26 Å². The van der Waals surface area contributed by atoms with E-state index in [0.29, 0.717) is 30.2 Å². The lowest BCUT2D eigenvalue weighted by Gasteiger charge is -2.31. The maximum Gasteiger partial charge on any atom is 0.256 e. The number of carbonyl (C=O) groups is 1. The van der Waals surface area contributed by atoms with Crippen molar-refractivity contribution in [2.75, 3.05) is 18.5 Å². The van der Waals surface area contributed by atoms with Crippen LogP contribution >= 0.6 is 0 Å². The molecule has 148 valence electrons.